The fraction of sp³-hybridized carbons (Fsp3) is 0.130. The van der Waals surface area contributed by atoms with E-state index in [1.54, 1.807) is 6.07 Å². The number of ether oxygens (including phenoxy) is 1. The highest BCUT2D eigenvalue weighted by atomic mass is 19.1. The summed E-state index contributed by atoms with van der Waals surface area (Å²) in [5.41, 5.74) is 10.8. The molecule has 0 saturated heterocycles. The maximum Gasteiger partial charge on any atom is 0.244 e. The summed E-state index contributed by atoms with van der Waals surface area (Å²) < 4.78 is 21.3. The van der Waals surface area contributed by atoms with Gasteiger partial charge in [0.15, 0.2) is 0 Å². The van der Waals surface area contributed by atoms with Gasteiger partial charge in [-0.3, -0.25) is 5.10 Å². The SMILES string of the molecule is Cc1[nH]nc2c1[C@@H](c1cn(Cc3cccc(F)c3)c3ccccc13)C(C#N)=C(N)O2. The Labute approximate surface area is 172 Å². The Kier molecular flexibility index (Phi) is 4.07. The molecule has 148 valence electrons. The molecule has 0 radical (unpaired) electrons. The van der Waals surface area contributed by atoms with E-state index in [2.05, 4.69) is 20.8 Å². The molecule has 0 spiro atoms. The molecular weight excluding hydrogens is 381 g/mol. The van der Waals surface area contributed by atoms with E-state index in [0.29, 0.717) is 18.0 Å². The number of aryl methyl sites for hydroxylation is 1. The lowest BCUT2D eigenvalue weighted by Crippen LogP contribution is -2.21. The number of halogens is 1. The number of rotatable bonds is 3. The first-order valence-electron chi connectivity index (χ1n) is 9.51. The maximum atomic E-state index is 13.7. The van der Waals surface area contributed by atoms with Gasteiger partial charge in [-0.05, 0) is 36.2 Å². The zero-order chi connectivity index (χ0) is 20.8. The summed E-state index contributed by atoms with van der Waals surface area (Å²) in [6.45, 7) is 2.39. The highest BCUT2D eigenvalue weighted by molar-refractivity contribution is 5.86. The second-order valence-electron chi connectivity index (χ2n) is 7.35. The lowest BCUT2D eigenvalue weighted by molar-refractivity contribution is 0.379. The molecule has 4 aromatic rings. The minimum absolute atomic E-state index is 0.0588. The van der Waals surface area contributed by atoms with E-state index >= 15 is 0 Å². The van der Waals surface area contributed by atoms with Gasteiger partial charge in [-0.1, -0.05) is 30.3 Å². The van der Waals surface area contributed by atoms with Crippen molar-refractivity contribution in [2.75, 3.05) is 0 Å². The molecule has 2 aromatic carbocycles. The van der Waals surface area contributed by atoms with Crippen LogP contribution in [0.15, 0.2) is 66.2 Å². The number of nitrogens with two attached hydrogens (primary N) is 1. The van der Waals surface area contributed by atoms with Crippen LogP contribution in [-0.4, -0.2) is 14.8 Å². The number of nitrogens with zero attached hydrogens (tertiary/aromatic N) is 3. The number of fused-ring (bicyclic) bond motifs is 2. The summed E-state index contributed by atoms with van der Waals surface area (Å²) in [6, 6.07) is 16.7. The number of hydrogen-bond acceptors (Lipinski definition) is 4. The normalized spacial score (nSPS) is 15.7. The first kappa shape index (κ1) is 18.0. The highest BCUT2D eigenvalue weighted by Crippen LogP contribution is 2.45. The van der Waals surface area contributed by atoms with Crippen LogP contribution < -0.4 is 10.5 Å². The van der Waals surface area contributed by atoms with Gasteiger partial charge < -0.3 is 15.0 Å². The van der Waals surface area contributed by atoms with Crippen LogP contribution in [0.4, 0.5) is 4.39 Å². The van der Waals surface area contributed by atoms with Crippen LogP contribution in [0.1, 0.15) is 28.3 Å². The molecule has 7 heteroatoms. The minimum Gasteiger partial charge on any atom is -0.420 e. The van der Waals surface area contributed by atoms with Gasteiger partial charge >= 0.3 is 0 Å². The lowest BCUT2D eigenvalue weighted by atomic mass is 9.84. The van der Waals surface area contributed by atoms with Crippen LogP contribution in [0.2, 0.25) is 0 Å². The number of H-pyrrole nitrogens is 1. The van der Waals surface area contributed by atoms with Crippen LogP contribution in [0.3, 0.4) is 0 Å². The zero-order valence-corrected chi connectivity index (χ0v) is 16.2. The molecule has 5 rings (SSSR count). The van der Waals surface area contributed by atoms with Crippen molar-refractivity contribution in [2.24, 2.45) is 5.73 Å². The number of benzene rings is 2. The topological polar surface area (TPSA) is 92.7 Å². The second kappa shape index (κ2) is 6.78. The van der Waals surface area contributed by atoms with E-state index in [0.717, 1.165) is 33.3 Å². The van der Waals surface area contributed by atoms with Crippen molar-refractivity contribution in [3.8, 4) is 11.9 Å². The molecule has 0 aliphatic carbocycles. The number of para-hydroxylation sites is 1. The zero-order valence-electron chi connectivity index (χ0n) is 16.2. The summed E-state index contributed by atoms with van der Waals surface area (Å²) >= 11 is 0. The van der Waals surface area contributed by atoms with Crippen molar-refractivity contribution >= 4 is 10.9 Å². The van der Waals surface area contributed by atoms with E-state index in [9.17, 15) is 9.65 Å². The Balaban J connectivity index is 1.72. The Morgan fingerprint density at radius 1 is 1.27 bits per heavy atom. The van der Waals surface area contributed by atoms with Crippen LogP contribution in [-0.2, 0) is 6.54 Å². The molecule has 0 amide bonds. The number of hydrogen-bond donors (Lipinski definition) is 2. The summed E-state index contributed by atoms with van der Waals surface area (Å²) in [5.74, 6) is -0.231. The van der Waals surface area contributed by atoms with Crippen molar-refractivity contribution in [3.05, 3.63) is 94.4 Å². The van der Waals surface area contributed by atoms with E-state index in [1.807, 2.05) is 43.5 Å². The third kappa shape index (κ3) is 2.73. The smallest absolute Gasteiger partial charge is 0.244 e. The molecule has 6 nitrogen and oxygen atoms in total. The van der Waals surface area contributed by atoms with Gasteiger partial charge in [0.05, 0.1) is 5.92 Å². The molecule has 0 bridgehead atoms. The molecule has 1 aliphatic heterocycles. The van der Waals surface area contributed by atoms with E-state index in [-0.39, 0.29) is 11.7 Å². The van der Waals surface area contributed by atoms with Gasteiger partial charge in [-0.15, -0.1) is 5.10 Å². The molecule has 0 fully saturated rings. The summed E-state index contributed by atoms with van der Waals surface area (Å²) in [5, 5.41) is 18.0. The first-order valence-corrected chi connectivity index (χ1v) is 9.51. The van der Waals surface area contributed by atoms with E-state index in [1.165, 1.54) is 12.1 Å². The Bertz CT molecular complexity index is 1360. The Morgan fingerprint density at radius 3 is 2.90 bits per heavy atom. The van der Waals surface area contributed by atoms with E-state index < -0.39 is 5.92 Å². The standard InChI is InChI=1S/C23H18FN5O/c1-13-20-21(17(10-25)22(26)30-23(20)28-27-13)18-12-29(19-8-3-2-7-16(18)19)11-14-5-4-6-15(24)9-14/h2-9,12,21H,11,26H2,1H3,(H,27,28)/t21-/m1/s1. The van der Waals surface area contributed by atoms with E-state index in [4.69, 9.17) is 10.5 Å². The van der Waals surface area contributed by atoms with Gasteiger partial charge in [0, 0.05) is 34.9 Å². The molecule has 30 heavy (non-hydrogen) atoms. The highest BCUT2D eigenvalue weighted by Gasteiger charge is 2.35. The molecule has 0 saturated carbocycles. The van der Waals surface area contributed by atoms with Gasteiger partial charge in [-0.2, -0.15) is 5.26 Å². The monoisotopic (exact) mass is 399 g/mol. The Hall–Kier alpha value is -4.05. The second-order valence-corrected chi connectivity index (χ2v) is 7.35. The van der Waals surface area contributed by atoms with Gasteiger partial charge in [0.25, 0.3) is 0 Å². The van der Waals surface area contributed by atoms with Crippen molar-refractivity contribution < 1.29 is 9.13 Å². The Morgan fingerprint density at radius 2 is 2.10 bits per heavy atom. The van der Waals surface area contributed by atoms with Crippen LogP contribution in [0.25, 0.3) is 10.9 Å². The molecule has 0 unspecified atom stereocenters. The molecule has 3 heterocycles. The maximum absolute atomic E-state index is 13.7. The minimum atomic E-state index is -0.406. The molecule has 3 N–H and O–H groups in total. The van der Waals surface area contributed by atoms with Crippen molar-refractivity contribution in [1.29, 1.82) is 5.26 Å². The lowest BCUT2D eigenvalue weighted by Gasteiger charge is -2.23. The fourth-order valence-corrected chi connectivity index (χ4v) is 4.18. The number of nitrogens with one attached hydrogen (secondary N) is 1. The number of nitriles is 1. The summed E-state index contributed by atoms with van der Waals surface area (Å²) in [4.78, 5) is 0. The molecule has 1 atom stereocenters. The molecule has 1 aliphatic rings. The number of allylic oxidation sites excluding steroid dienone is 1. The number of aromatic nitrogens is 3. The van der Waals surface area contributed by atoms with Crippen LogP contribution in [0, 0.1) is 24.1 Å². The quantitative estimate of drug-likeness (QED) is 0.543. The third-order valence-corrected chi connectivity index (χ3v) is 5.50. The number of aromatic amines is 1. The first-order chi connectivity index (χ1) is 14.6. The predicted molar refractivity (Wildman–Crippen MR) is 110 cm³/mol. The average molecular weight is 399 g/mol. The van der Waals surface area contributed by atoms with Crippen LogP contribution in [0.5, 0.6) is 5.88 Å². The van der Waals surface area contributed by atoms with Crippen molar-refractivity contribution in [1.82, 2.24) is 14.8 Å². The third-order valence-electron chi connectivity index (χ3n) is 5.50. The predicted octanol–water partition coefficient (Wildman–Crippen LogP) is 4.08. The largest absolute Gasteiger partial charge is 0.420 e. The van der Waals surface area contributed by atoms with Crippen molar-refractivity contribution in [2.45, 2.75) is 19.4 Å². The summed E-state index contributed by atoms with van der Waals surface area (Å²) in [6.07, 6.45) is 2.01. The fourth-order valence-electron chi connectivity index (χ4n) is 4.18. The average Bonchev–Trinajstić information content (AvgIpc) is 3.28. The molecule has 2 aromatic heterocycles. The van der Waals surface area contributed by atoms with Gasteiger partial charge in [0.1, 0.15) is 17.5 Å². The summed E-state index contributed by atoms with van der Waals surface area (Å²) in [7, 11) is 0. The van der Waals surface area contributed by atoms with Gasteiger partial charge in [-0.25, -0.2) is 4.39 Å². The molecular formula is C23H18FN5O. The van der Waals surface area contributed by atoms with Crippen molar-refractivity contribution in [3.63, 3.8) is 0 Å². The van der Waals surface area contributed by atoms with Crippen LogP contribution >= 0.6 is 0 Å². The van der Waals surface area contributed by atoms with Gasteiger partial charge in [0.2, 0.25) is 11.8 Å².